The smallest absolute Gasteiger partial charge is 0.243 e. The molecule has 3 heterocycles. The first kappa shape index (κ1) is 29.6. The Balaban J connectivity index is 1.70. The SMILES string of the molecule is COc1cccc(OC)c1-n1c(CCN2CCN(C)CC2)nnc1NS(=O)(=O)C(C)C(OC)c1ncc(C)cn1. The van der Waals surface area contributed by atoms with Crippen molar-refractivity contribution in [1.82, 2.24) is 34.5 Å². The van der Waals surface area contributed by atoms with E-state index in [9.17, 15) is 8.42 Å². The van der Waals surface area contributed by atoms with E-state index in [4.69, 9.17) is 14.2 Å². The maximum atomic E-state index is 13.7. The van der Waals surface area contributed by atoms with Crippen LogP contribution in [0.1, 0.15) is 30.2 Å². The van der Waals surface area contributed by atoms with Gasteiger partial charge in [0.25, 0.3) is 0 Å². The summed E-state index contributed by atoms with van der Waals surface area (Å²) in [5.74, 6) is 1.82. The predicted octanol–water partition coefficient (Wildman–Crippen LogP) is 1.69. The lowest BCUT2D eigenvalue weighted by atomic mass is 10.2. The van der Waals surface area contributed by atoms with E-state index in [1.165, 1.54) is 7.11 Å². The van der Waals surface area contributed by atoms with Gasteiger partial charge in [-0.25, -0.2) is 18.4 Å². The number of methoxy groups -OCH3 is 3. The Hall–Kier alpha value is -3.33. The highest BCUT2D eigenvalue weighted by Gasteiger charge is 2.35. The van der Waals surface area contributed by atoms with Crippen LogP contribution in [0.3, 0.4) is 0 Å². The standard InChI is InChI=1S/C26H38N8O5S/c1-18-16-27-25(28-17-18)24(39-6)19(2)40(35,36)31-26-30-29-22(10-11-33-14-12-32(3)13-15-33)34(26)23-20(37-4)8-7-9-21(23)38-5/h7-9,16-17,19,24H,10-15H2,1-6H3,(H,30,31). The quantitative estimate of drug-likeness (QED) is 0.338. The van der Waals surface area contributed by atoms with E-state index < -0.39 is 21.4 Å². The summed E-state index contributed by atoms with van der Waals surface area (Å²) in [7, 11) is 2.57. The largest absolute Gasteiger partial charge is 0.494 e. The third kappa shape index (κ3) is 6.52. The average molecular weight is 575 g/mol. The van der Waals surface area contributed by atoms with Gasteiger partial charge in [-0.1, -0.05) is 6.07 Å². The van der Waals surface area contributed by atoms with Gasteiger partial charge < -0.3 is 24.0 Å². The summed E-state index contributed by atoms with van der Waals surface area (Å²) in [6, 6.07) is 5.35. The molecule has 14 heteroatoms. The number of hydrogen-bond donors (Lipinski definition) is 1. The molecule has 3 aromatic rings. The molecule has 0 amide bonds. The number of anilines is 1. The van der Waals surface area contributed by atoms with Crippen LogP contribution in [0.2, 0.25) is 0 Å². The second kappa shape index (κ2) is 12.9. The van der Waals surface area contributed by atoms with E-state index in [1.807, 2.05) is 6.92 Å². The van der Waals surface area contributed by atoms with Crippen molar-refractivity contribution in [2.24, 2.45) is 0 Å². The molecule has 1 aliphatic heterocycles. The van der Waals surface area contributed by atoms with Crippen LogP contribution in [0.25, 0.3) is 5.69 Å². The van der Waals surface area contributed by atoms with Crippen molar-refractivity contribution in [2.75, 3.05) is 65.8 Å². The summed E-state index contributed by atoms with van der Waals surface area (Å²) in [5, 5.41) is 7.61. The number of rotatable bonds is 12. The fourth-order valence-corrected chi connectivity index (χ4v) is 5.73. The third-order valence-corrected chi connectivity index (χ3v) is 8.75. The van der Waals surface area contributed by atoms with Crippen molar-refractivity contribution >= 4 is 16.0 Å². The van der Waals surface area contributed by atoms with Gasteiger partial charge in [-0.15, -0.1) is 10.2 Å². The molecule has 13 nitrogen and oxygen atoms in total. The molecule has 2 aromatic heterocycles. The van der Waals surface area contributed by atoms with Crippen molar-refractivity contribution in [3.8, 4) is 17.2 Å². The van der Waals surface area contributed by atoms with Gasteiger partial charge in [-0.05, 0) is 38.6 Å². The van der Waals surface area contributed by atoms with E-state index in [2.05, 4.69) is 41.7 Å². The van der Waals surface area contributed by atoms with E-state index in [-0.39, 0.29) is 11.8 Å². The van der Waals surface area contributed by atoms with Crippen molar-refractivity contribution in [1.29, 1.82) is 0 Å². The number of nitrogens with zero attached hydrogens (tertiary/aromatic N) is 7. The number of aryl methyl sites for hydroxylation is 1. The second-order valence-electron chi connectivity index (χ2n) is 9.81. The van der Waals surface area contributed by atoms with Gasteiger partial charge in [-0.3, -0.25) is 9.29 Å². The molecule has 2 unspecified atom stereocenters. The highest BCUT2D eigenvalue weighted by Crippen LogP contribution is 2.36. The minimum atomic E-state index is -4.06. The molecule has 1 fully saturated rings. The highest BCUT2D eigenvalue weighted by atomic mass is 32.2. The normalized spacial score (nSPS) is 16.4. The van der Waals surface area contributed by atoms with E-state index in [1.54, 1.807) is 56.3 Å². The monoisotopic (exact) mass is 574 g/mol. The molecule has 1 saturated heterocycles. The molecule has 1 N–H and O–H groups in total. The Morgan fingerprint density at radius 3 is 2.20 bits per heavy atom. The van der Waals surface area contributed by atoms with Crippen molar-refractivity contribution < 1.29 is 22.6 Å². The number of benzene rings is 1. The number of hydrogen-bond acceptors (Lipinski definition) is 11. The lowest BCUT2D eigenvalue weighted by molar-refractivity contribution is 0.0949. The van der Waals surface area contributed by atoms with Crippen LogP contribution < -0.4 is 14.2 Å². The molecule has 4 rings (SSSR count). The zero-order chi connectivity index (χ0) is 28.9. The minimum absolute atomic E-state index is 0.0164. The van der Waals surface area contributed by atoms with Gasteiger partial charge in [0.2, 0.25) is 16.0 Å². The van der Waals surface area contributed by atoms with Crippen LogP contribution in [0.4, 0.5) is 5.95 Å². The molecule has 2 atom stereocenters. The number of aromatic nitrogens is 5. The van der Waals surface area contributed by atoms with Gasteiger partial charge >= 0.3 is 0 Å². The molecule has 0 saturated carbocycles. The molecule has 218 valence electrons. The predicted molar refractivity (Wildman–Crippen MR) is 151 cm³/mol. The molecule has 0 aliphatic carbocycles. The Kier molecular flexibility index (Phi) is 9.56. The summed E-state index contributed by atoms with van der Waals surface area (Å²) in [4.78, 5) is 13.2. The highest BCUT2D eigenvalue weighted by molar-refractivity contribution is 7.93. The number of ether oxygens (including phenoxy) is 3. The van der Waals surface area contributed by atoms with Crippen LogP contribution in [0, 0.1) is 6.92 Å². The summed E-state index contributed by atoms with van der Waals surface area (Å²) in [5.41, 5.74) is 1.36. The second-order valence-corrected chi connectivity index (χ2v) is 11.8. The van der Waals surface area contributed by atoms with Crippen molar-refractivity contribution in [2.45, 2.75) is 31.6 Å². The van der Waals surface area contributed by atoms with Gasteiger partial charge in [0, 0.05) is 58.6 Å². The summed E-state index contributed by atoms with van der Waals surface area (Å²) in [6.07, 6.45) is 2.87. The zero-order valence-electron chi connectivity index (χ0n) is 23.9. The first-order valence-corrected chi connectivity index (χ1v) is 14.6. The fourth-order valence-electron chi connectivity index (χ4n) is 4.60. The van der Waals surface area contributed by atoms with Crippen LogP contribution >= 0.6 is 0 Å². The van der Waals surface area contributed by atoms with Gasteiger partial charge in [0.1, 0.15) is 34.4 Å². The molecule has 0 radical (unpaired) electrons. The molecule has 1 aliphatic rings. The Morgan fingerprint density at radius 1 is 1.00 bits per heavy atom. The third-order valence-electron chi connectivity index (χ3n) is 7.06. The van der Waals surface area contributed by atoms with Crippen LogP contribution in [0.15, 0.2) is 30.6 Å². The maximum absolute atomic E-state index is 13.7. The molecule has 0 spiro atoms. The number of piperazine rings is 1. The summed E-state index contributed by atoms with van der Waals surface area (Å²) < 4.78 is 48.5. The molecular formula is C26H38N8O5S. The van der Waals surface area contributed by atoms with Crippen LogP contribution in [-0.2, 0) is 21.2 Å². The number of sulfonamides is 1. The lowest BCUT2D eigenvalue weighted by Crippen LogP contribution is -2.45. The summed E-state index contributed by atoms with van der Waals surface area (Å²) in [6.45, 7) is 8.00. The lowest BCUT2D eigenvalue weighted by Gasteiger charge is -2.32. The Bertz CT molecular complexity index is 1350. The Morgan fingerprint density at radius 2 is 1.62 bits per heavy atom. The van der Waals surface area contributed by atoms with Crippen LogP contribution in [-0.4, -0.2) is 109 Å². The Labute approximate surface area is 235 Å². The van der Waals surface area contributed by atoms with Crippen LogP contribution in [0.5, 0.6) is 11.5 Å². The van der Waals surface area contributed by atoms with E-state index >= 15 is 0 Å². The van der Waals surface area contributed by atoms with Gasteiger partial charge in [0.05, 0.1) is 14.2 Å². The average Bonchev–Trinajstić information content (AvgIpc) is 3.34. The van der Waals surface area contributed by atoms with E-state index in [0.29, 0.717) is 29.4 Å². The molecule has 40 heavy (non-hydrogen) atoms. The first-order valence-electron chi connectivity index (χ1n) is 13.1. The molecule has 0 bridgehead atoms. The fraction of sp³-hybridized carbons (Fsp3) is 0.538. The summed E-state index contributed by atoms with van der Waals surface area (Å²) >= 11 is 0. The number of likely N-dealkylation sites (N-methyl/N-ethyl adjacent to an activating group) is 1. The van der Waals surface area contributed by atoms with E-state index in [0.717, 1.165) is 38.3 Å². The number of nitrogens with one attached hydrogen (secondary N) is 1. The number of para-hydroxylation sites is 1. The van der Waals surface area contributed by atoms with Crippen molar-refractivity contribution in [3.63, 3.8) is 0 Å². The molecule has 1 aromatic carbocycles. The van der Waals surface area contributed by atoms with Crippen molar-refractivity contribution in [3.05, 3.63) is 47.8 Å². The molecular weight excluding hydrogens is 536 g/mol. The zero-order valence-corrected chi connectivity index (χ0v) is 24.7. The van der Waals surface area contributed by atoms with Gasteiger partial charge in [0.15, 0.2) is 5.82 Å². The minimum Gasteiger partial charge on any atom is -0.494 e. The first-order chi connectivity index (χ1) is 19.2. The van der Waals surface area contributed by atoms with Gasteiger partial charge in [-0.2, -0.15) is 0 Å². The maximum Gasteiger partial charge on any atom is 0.243 e. The topological polar surface area (TPSA) is 137 Å².